The Morgan fingerprint density at radius 3 is 2.55 bits per heavy atom. The van der Waals surface area contributed by atoms with Gasteiger partial charge in [-0.3, -0.25) is 4.79 Å². The van der Waals surface area contributed by atoms with E-state index in [1.165, 1.54) is 0 Å². The highest BCUT2D eigenvalue weighted by Gasteiger charge is 2.21. The zero-order valence-corrected chi connectivity index (χ0v) is 13.0. The molecule has 0 N–H and O–H groups in total. The SMILES string of the molecule is CC(C)Oc1ccccc1/C=C1\CCc2ccccc2C1=O. The summed E-state index contributed by atoms with van der Waals surface area (Å²) in [5, 5.41) is 0. The fourth-order valence-electron chi connectivity index (χ4n) is 2.80. The zero-order chi connectivity index (χ0) is 15.5. The summed E-state index contributed by atoms with van der Waals surface area (Å²) >= 11 is 0. The average molecular weight is 292 g/mol. The molecule has 0 fully saturated rings. The number of carbonyl (C=O) groups is 1. The predicted octanol–water partition coefficient (Wildman–Crippen LogP) is 4.69. The minimum Gasteiger partial charge on any atom is -0.490 e. The minimum absolute atomic E-state index is 0.113. The van der Waals surface area contributed by atoms with Crippen molar-refractivity contribution >= 4 is 11.9 Å². The van der Waals surface area contributed by atoms with Crippen molar-refractivity contribution in [3.63, 3.8) is 0 Å². The van der Waals surface area contributed by atoms with Gasteiger partial charge in [-0.05, 0) is 44.4 Å². The molecule has 0 spiro atoms. The van der Waals surface area contributed by atoms with E-state index in [4.69, 9.17) is 4.74 Å². The third-order valence-electron chi connectivity index (χ3n) is 3.83. The normalized spacial score (nSPS) is 16.0. The molecule has 0 unspecified atom stereocenters. The molecule has 0 amide bonds. The van der Waals surface area contributed by atoms with Crippen molar-refractivity contribution < 1.29 is 9.53 Å². The first-order chi connectivity index (χ1) is 10.6. The Kier molecular flexibility index (Phi) is 4.10. The van der Waals surface area contributed by atoms with E-state index in [0.29, 0.717) is 0 Å². The number of ether oxygens (including phenoxy) is 1. The number of fused-ring (bicyclic) bond motifs is 1. The number of hydrogen-bond acceptors (Lipinski definition) is 2. The Labute approximate surface area is 131 Å². The maximum Gasteiger partial charge on any atom is 0.189 e. The fraction of sp³-hybridized carbons (Fsp3) is 0.250. The van der Waals surface area contributed by atoms with Gasteiger partial charge in [0, 0.05) is 16.7 Å². The zero-order valence-electron chi connectivity index (χ0n) is 13.0. The van der Waals surface area contributed by atoms with E-state index < -0.39 is 0 Å². The molecule has 0 bridgehead atoms. The Hall–Kier alpha value is -2.35. The van der Waals surface area contributed by atoms with Crippen LogP contribution < -0.4 is 4.74 Å². The quantitative estimate of drug-likeness (QED) is 0.767. The van der Waals surface area contributed by atoms with E-state index in [1.807, 2.05) is 68.5 Å². The second-order valence-electron chi connectivity index (χ2n) is 5.86. The number of allylic oxidation sites excluding steroid dienone is 1. The smallest absolute Gasteiger partial charge is 0.189 e. The van der Waals surface area contributed by atoms with Crippen LogP contribution in [0.1, 0.15) is 41.8 Å². The number of Topliss-reactive ketones (excluding diaryl/α,β-unsaturated/α-hetero) is 1. The second kappa shape index (κ2) is 6.18. The minimum atomic E-state index is 0.113. The number of benzene rings is 2. The Balaban J connectivity index is 1.96. The molecule has 0 aromatic heterocycles. The van der Waals surface area contributed by atoms with Crippen LogP contribution in [0.15, 0.2) is 54.1 Å². The first-order valence-electron chi connectivity index (χ1n) is 7.74. The maximum atomic E-state index is 12.6. The standard InChI is InChI=1S/C20H20O2/c1-14(2)22-19-10-6-4-8-16(19)13-17-12-11-15-7-3-5-9-18(15)20(17)21/h3-10,13-14H,11-12H2,1-2H3/b17-13+. The first kappa shape index (κ1) is 14.6. The lowest BCUT2D eigenvalue weighted by Crippen LogP contribution is -2.14. The fourth-order valence-corrected chi connectivity index (χ4v) is 2.80. The van der Waals surface area contributed by atoms with E-state index in [9.17, 15) is 4.79 Å². The van der Waals surface area contributed by atoms with Crippen LogP contribution in [0.3, 0.4) is 0 Å². The van der Waals surface area contributed by atoms with Gasteiger partial charge in [-0.25, -0.2) is 0 Å². The highest BCUT2D eigenvalue weighted by molar-refractivity contribution is 6.13. The first-order valence-corrected chi connectivity index (χ1v) is 7.74. The van der Waals surface area contributed by atoms with Crippen molar-refractivity contribution in [2.24, 2.45) is 0 Å². The van der Waals surface area contributed by atoms with Crippen molar-refractivity contribution in [3.05, 3.63) is 70.8 Å². The summed E-state index contributed by atoms with van der Waals surface area (Å²) in [6.45, 7) is 4.01. The maximum absolute atomic E-state index is 12.6. The van der Waals surface area contributed by atoms with Crippen LogP contribution in [0.5, 0.6) is 5.75 Å². The van der Waals surface area contributed by atoms with E-state index >= 15 is 0 Å². The molecule has 0 saturated heterocycles. The van der Waals surface area contributed by atoms with Crippen LogP contribution in [0, 0.1) is 0 Å². The van der Waals surface area contributed by atoms with Crippen molar-refractivity contribution in [1.29, 1.82) is 0 Å². The summed E-state index contributed by atoms with van der Waals surface area (Å²) in [5.41, 5.74) is 3.82. The lowest BCUT2D eigenvalue weighted by molar-refractivity contribution is 0.102. The van der Waals surface area contributed by atoms with Gasteiger partial charge in [-0.1, -0.05) is 42.5 Å². The molecule has 0 saturated carbocycles. The van der Waals surface area contributed by atoms with Crippen LogP contribution >= 0.6 is 0 Å². The molecule has 0 radical (unpaired) electrons. The lowest BCUT2D eigenvalue weighted by atomic mass is 9.86. The molecule has 2 heteroatoms. The number of aryl methyl sites for hydroxylation is 1. The molecule has 0 aliphatic heterocycles. The number of rotatable bonds is 3. The Morgan fingerprint density at radius 2 is 1.73 bits per heavy atom. The van der Waals surface area contributed by atoms with E-state index in [-0.39, 0.29) is 11.9 Å². The van der Waals surface area contributed by atoms with Gasteiger partial charge in [0.2, 0.25) is 0 Å². The molecular weight excluding hydrogens is 272 g/mol. The summed E-state index contributed by atoms with van der Waals surface area (Å²) < 4.78 is 5.84. The predicted molar refractivity (Wildman–Crippen MR) is 89.3 cm³/mol. The van der Waals surface area contributed by atoms with Gasteiger partial charge in [0.15, 0.2) is 5.78 Å². The van der Waals surface area contributed by atoms with Crippen LogP contribution in [0.4, 0.5) is 0 Å². The molecular formula is C20H20O2. The van der Waals surface area contributed by atoms with E-state index in [0.717, 1.165) is 40.9 Å². The van der Waals surface area contributed by atoms with Crippen molar-refractivity contribution in [2.75, 3.05) is 0 Å². The van der Waals surface area contributed by atoms with Gasteiger partial charge < -0.3 is 4.74 Å². The molecule has 0 atom stereocenters. The summed E-state index contributed by atoms with van der Waals surface area (Å²) in [7, 11) is 0. The number of carbonyl (C=O) groups excluding carboxylic acids is 1. The molecule has 3 rings (SSSR count). The topological polar surface area (TPSA) is 26.3 Å². The van der Waals surface area contributed by atoms with Crippen LogP contribution in [0.2, 0.25) is 0 Å². The van der Waals surface area contributed by atoms with Gasteiger partial charge in [0.25, 0.3) is 0 Å². The largest absolute Gasteiger partial charge is 0.490 e. The lowest BCUT2D eigenvalue weighted by Gasteiger charge is -2.18. The summed E-state index contributed by atoms with van der Waals surface area (Å²) in [5.74, 6) is 0.970. The number of hydrogen-bond donors (Lipinski definition) is 0. The van der Waals surface area contributed by atoms with Crippen LogP contribution in [-0.4, -0.2) is 11.9 Å². The molecule has 2 nitrogen and oxygen atoms in total. The van der Waals surface area contributed by atoms with Gasteiger partial charge in [0.05, 0.1) is 6.10 Å². The van der Waals surface area contributed by atoms with Gasteiger partial charge in [0.1, 0.15) is 5.75 Å². The monoisotopic (exact) mass is 292 g/mol. The summed E-state index contributed by atoms with van der Waals surface area (Å²) in [6.07, 6.45) is 3.80. The molecule has 2 aromatic rings. The highest BCUT2D eigenvalue weighted by atomic mass is 16.5. The van der Waals surface area contributed by atoms with Crippen LogP contribution in [0.25, 0.3) is 6.08 Å². The van der Waals surface area contributed by atoms with Crippen molar-refractivity contribution in [1.82, 2.24) is 0 Å². The third kappa shape index (κ3) is 2.96. The third-order valence-corrected chi connectivity index (χ3v) is 3.83. The number of para-hydroxylation sites is 1. The molecule has 1 aliphatic carbocycles. The molecule has 2 aromatic carbocycles. The molecule has 22 heavy (non-hydrogen) atoms. The summed E-state index contributed by atoms with van der Waals surface area (Å²) in [4.78, 5) is 12.6. The van der Waals surface area contributed by atoms with E-state index in [1.54, 1.807) is 0 Å². The van der Waals surface area contributed by atoms with Gasteiger partial charge in [-0.2, -0.15) is 0 Å². The van der Waals surface area contributed by atoms with Crippen molar-refractivity contribution in [3.8, 4) is 5.75 Å². The second-order valence-corrected chi connectivity index (χ2v) is 5.86. The molecule has 112 valence electrons. The Bertz CT molecular complexity index is 726. The highest BCUT2D eigenvalue weighted by Crippen LogP contribution is 2.29. The average Bonchev–Trinajstić information content (AvgIpc) is 2.51. The van der Waals surface area contributed by atoms with Gasteiger partial charge in [-0.15, -0.1) is 0 Å². The molecule has 1 aliphatic rings. The van der Waals surface area contributed by atoms with Crippen molar-refractivity contribution in [2.45, 2.75) is 32.8 Å². The Morgan fingerprint density at radius 1 is 1.00 bits per heavy atom. The van der Waals surface area contributed by atoms with E-state index in [2.05, 4.69) is 0 Å². The number of ketones is 1. The van der Waals surface area contributed by atoms with Crippen LogP contribution in [-0.2, 0) is 6.42 Å². The van der Waals surface area contributed by atoms with Gasteiger partial charge >= 0.3 is 0 Å². The summed E-state index contributed by atoms with van der Waals surface area (Å²) in [6, 6.07) is 15.8. The molecule has 0 heterocycles.